The molecule has 4 nitrogen and oxygen atoms in total. The van der Waals surface area contributed by atoms with E-state index in [2.05, 4.69) is 53.0 Å². The molecule has 3 rings (SSSR count). The van der Waals surface area contributed by atoms with Crippen LogP contribution < -0.4 is 5.73 Å². The van der Waals surface area contributed by atoms with Gasteiger partial charge in [0, 0.05) is 18.1 Å². The van der Waals surface area contributed by atoms with Crippen molar-refractivity contribution in [1.29, 1.82) is 0 Å². The molecule has 0 radical (unpaired) electrons. The lowest BCUT2D eigenvalue weighted by atomic mass is 10.0. The van der Waals surface area contributed by atoms with E-state index in [-0.39, 0.29) is 6.04 Å². The van der Waals surface area contributed by atoms with Crippen LogP contribution in [0.5, 0.6) is 0 Å². The van der Waals surface area contributed by atoms with Crippen molar-refractivity contribution >= 4 is 16.9 Å². The van der Waals surface area contributed by atoms with Crippen molar-refractivity contribution in [2.24, 2.45) is 16.6 Å². The summed E-state index contributed by atoms with van der Waals surface area (Å²) in [6.45, 7) is 6.08. The Morgan fingerprint density at radius 2 is 2.20 bits per heavy atom. The normalized spacial score (nSPS) is 18.9. The first kappa shape index (κ1) is 12.9. The number of aliphatic imine (C=N–C) groups is 1. The lowest BCUT2D eigenvalue weighted by Gasteiger charge is -2.28. The van der Waals surface area contributed by atoms with Crippen molar-refractivity contribution in [3.05, 3.63) is 42.1 Å². The second-order valence-electron chi connectivity index (χ2n) is 5.72. The average molecular weight is 268 g/mol. The smallest absolute Gasteiger partial charge is 0.191 e. The van der Waals surface area contributed by atoms with Gasteiger partial charge in [0.2, 0.25) is 0 Å². The number of benzene rings is 1. The minimum absolute atomic E-state index is 0.252. The van der Waals surface area contributed by atoms with Gasteiger partial charge in [0.05, 0.1) is 18.1 Å². The Hall–Kier alpha value is -2.10. The molecule has 1 unspecified atom stereocenters. The fourth-order valence-electron chi connectivity index (χ4n) is 2.73. The Balaban J connectivity index is 1.93. The minimum atomic E-state index is 0.252. The van der Waals surface area contributed by atoms with Crippen LogP contribution in [0.3, 0.4) is 0 Å². The molecule has 1 aromatic carbocycles. The van der Waals surface area contributed by atoms with Crippen molar-refractivity contribution in [2.75, 3.05) is 13.1 Å². The van der Waals surface area contributed by atoms with Crippen molar-refractivity contribution in [2.45, 2.75) is 19.9 Å². The maximum atomic E-state index is 6.03. The molecule has 1 aromatic heterocycles. The van der Waals surface area contributed by atoms with E-state index in [1.807, 2.05) is 12.3 Å². The van der Waals surface area contributed by atoms with Crippen LogP contribution in [0.4, 0.5) is 0 Å². The van der Waals surface area contributed by atoms with Gasteiger partial charge in [0.15, 0.2) is 5.96 Å². The quantitative estimate of drug-likeness (QED) is 0.930. The van der Waals surface area contributed by atoms with Crippen LogP contribution in [-0.2, 0) is 0 Å². The van der Waals surface area contributed by atoms with Crippen LogP contribution in [0.2, 0.25) is 0 Å². The summed E-state index contributed by atoms with van der Waals surface area (Å²) in [4.78, 5) is 11.0. The fraction of sp³-hybridized carbons (Fsp3) is 0.375. The molecule has 0 bridgehead atoms. The molecule has 2 N–H and O–H groups in total. The number of nitrogens with two attached hydrogens (primary N) is 1. The second-order valence-corrected chi connectivity index (χ2v) is 5.72. The largest absolute Gasteiger partial charge is 0.370 e. The number of rotatable bonds is 3. The first-order valence-corrected chi connectivity index (χ1v) is 7.06. The summed E-state index contributed by atoms with van der Waals surface area (Å²) in [6, 6.07) is 10.7. The maximum absolute atomic E-state index is 6.03. The van der Waals surface area contributed by atoms with E-state index < -0.39 is 0 Å². The molecule has 4 heteroatoms. The highest BCUT2D eigenvalue weighted by atomic mass is 15.3. The van der Waals surface area contributed by atoms with Crippen LogP contribution in [0.15, 0.2) is 41.5 Å². The highest BCUT2D eigenvalue weighted by Crippen LogP contribution is 2.28. The third-order valence-corrected chi connectivity index (χ3v) is 3.67. The van der Waals surface area contributed by atoms with Gasteiger partial charge in [0.1, 0.15) is 0 Å². The van der Waals surface area contributed by atoms with Crippen molar-refractivity contribution in [3.63, 3.8) is 0 Å². The van der Waals surface area contributed by atoms with E-state index in [1.165, 1.54) is 10.9 Å². The first-order valence-electron chi connectivity index (χ1n) is 7.06. The molecule has 1 aliphatic rings. The van der Waals surface area contributed by atoms with Crippen LogP contribution >= 0.6 is 0 Å². The molecule has 0 fully saturated rings. The summed E-state index contributed by atoms with van der Waals surface area (Å²) in [5, 5.41) is 1.17. The highest BCUT2D eigenvalue weighted by Gasteiger charge is 2.27. The van der Waals surface area contributed by atoms with E-state index in [4.69, 9.17) is 5.73 Å². The standard InChI is InChI=1S/C16H20N4/c1-11(2)10-20-15(9-19-16(20)17)13-5-6-14-12(8-13)4-3-7-18-14/h3-8,11,15H,9-10H2,1-2H3,(H2,17,19). The first-order chi connectivity index (χ1) is 9.65. The lowest BCUT2D eigenvalue weighted by Crippen LogP contribution is -2.38. The number of nitrogens with zero attached hydrogens (tertiary/aromatic N) is 3. The van der Waals surface area contributed by atoms with Crippen molar-refractivity contribution < 1.29 is 0 Å². The molecule has 1 aliphatic heterocycles. The van der Waals surface area contributed by atoms with Crippen molar-refractivity contribution in [1.82, 2.24) is 9.88 Å². The van der Waals surface area contributed by atoms with E-state index in [0.29, 0.717) is 11.9 Å². The molecular weight excluding hydrogens is 248 g/mol. The van der Waals surface area contributed by atoms with Gasteiger partial charge in [-0.1, -0.05) is 26.0 Å². The van der Waals surface area contributed by atoms with E-state index >= 15 is 0 Å². The maximum Gasteiger partial charge on any atom is 0.191 e. The molecule has 0 saturated heterocycles. The third-order valence-electron chi connectivity index (χ3n) is 3.67. The molecule has 0 aliphatic carbocycles. The van der Waals surface area contributed by atoms with Gasteiger partial charge >= 0.3 is 0 Å². The molecule has 2 heterocycles. The summed E-state index contributed by atoms with van der Waals surface area (Å²) in [5.74, 6) is 1.22. The molecule has 0 amide bonds. The van der Waals surface area contributed by atoms with Crippen LogP contribution in [0.1, 0.15) is 25.5 Å². The lowest BCUT2D eigenvalue weighted by molar-refractivity contribution is 0.309. The summed E-state index contributed by atoms with van der Waals surface area (Å²) in [5.41, 5.74) is 8.32. The monoisotopic (exact) mass is 268 g/mol. The van der Waals surface area contributed by atoms with Gasteiger partial charge in [-0.2, -0.15) is 0 Å². The van der Waals surface area contributed by atoms with Gasteiger partial charge in [-0.3, -0.25) is 9.98 Å². The molecule has 1 atom stereocenters. The summed E-state index contributed by atoms with van der Waals surface area (Å²) in [6.07, 6.45) is 1.82. The number of guanidine groups is 1. The molecule has 0 spiro atoms. The van der Waals surface area contributed by atoms with Gasteiger partial charge in [-0.15, -0.1) is 0 Å². The third kappa shape index (κ3) is 2.33. The van der Waals surface area contributed by atoms with Gasteiger partial charge in [0.25, 0.3) is 0 Å². The summed E-state index contributed by atoms with van der Waals surface area (Å²) < 4.78 is 0. The molecule has 0 saturated carbocycles. The number of fused-ring (bicyclic) bond motifs is 1. The molecule has 104 valence electrons. The zero-order chi connectivity index (χ0) is 14.1. The van der Waals surface area contributed by atoms with Gasteiger partial charge in [-0.25, -0.2) is 0 Å². The van der Waals surface area contributed by atoms with Crippen LogP contribution in [0.25, 0.3) is 10.9 Å². The Morgan fingerprint density at radius 1 is 1.35 bits per heavy atom. The highest BCUT2D eigenvalue weighted by molar-refractivity contribution is 5.82. The van der Waals surface area contributed by atoms with E-state index in [9.17, 15) is 0 Å². The Labute approximate surface area is 119 Å². The molecule has 2 aromatic rings. The SMILES string of the molecule is CC(C)CN1C(N)=NCC1c1ccc2ncccc2c1. The summed E-state index contributed by atoms with van der Waals surface area (Å²) >= 11 is 0. The fourth-order valence-corrected chi connectivity index (χ4v) is 2.73. The predicted molar refractivity (Wildman–Crippen MR) is 82.5 cm³/mol. The van der Waals surface area contributed by atoms with Crippen LogP contribution in [-0.4, -0.2) is 28.9 Å². The van der Waals surface area contributed by atoms with Gasteiger partial charge < -0.3 is 10.6 Å². The van der Waals surface area contributed by atoms with Crippen LogP contribution in [0, 0.1) is 5.92 Å². The predicted octanol–water partition coefficient (Wildman–Crippen LogP) is 2.56. The van der Waals surface area contributed by atoms with E-state index in [1.54, 1.807) is 0 Å². The topological polar surface area (TPSA) is 54.5 Å². The number of pyridine rings is 1. The Bertz CT molecular complexity index is 648. The number of aromatic nitrogens is 1. The van der Waals surface area contributed by atoms with Crippen molar-refractivity contribution in [3.8, 4) is 0 Å². The molecular formula is C16H20N4. The number of hydrogen-bond donors (Lipinski definition) is 1. The minimum Gasteiger partial charge on any atom is -0.370 e. The number of hydrogen-bond acceptors (Lipinski definition) is 4. The molecule has 20 heavy (non-hydrogen) atoms. The summed E-state index contributed by atoms with van der Waals surface area (Å²) in [7, 11) is 0. The zero-order valence-electron chi connectivity index (χ0n) is 12.0. The second kappa shape index (κ2) is 5.12. The van der Waals surface area contributed by atoms with E-state index in [0.717, 1.165) is 18.6 Å². The average Bonchev–Trinajstić information content (AvgIpc) is 2.79. The Kier molecular flexibility index (Phi) is 3.30. The van der Waals surface area contributed by atoms with Gasteiger partial charge in [-0.05, 0) is 29.7 Å². The zero-order valence-corrected chi connectivity index (χ0v) is 12.0. The Morgan fingerprint density at radius 3 is 3.00 bits per heavy atom.